The van der Waals surface area contributed by atoms with E-state index in [0.717, 1.165) is 23.7 Å². The molecule has 0 amide bonds. The van der Waals surface area contributed by atoms with E-state index < -0.39 is 0 Å². The highest BCUT2D eigenvalue weighted by Gasteiger charge is 2.90. The molecule has 5 aliphatic rings. The van der Waals surface area contributed by atoms with Crippen molar-refractivity contribution >= 4 is 0 Å². The molecule has 70 valence electrons. The van der Waals surface area contributed by atoms with Crippen LogP contribution in [-0.4, -0.2) is 11.2 Å². The summed E-state index contributed by atoms with van der Waals surface area (Å²) in [4.78, 5) is 0. The summed E-state index contributed by atoms with van der Waals surface area (Å²) in [6.45, 7) is 0. The van der Waals surface area contributed by atoms with Gasteiger partial charge in [0.2, 0.25) is 0 Å². The summed E-state index contributed by atoms with van der Waals surface area (Å²) in [6.07, 6.45) is 9.05. The molecule has 0 radical (unpaired) electrons. The number of fused-ring (bicyclic) bond motifs is 4. The third-order valence-electron chi connectivity index (χ3n) is 6.20. The Labute approximate surface area is 78.8 Å². The fraction of sp³-hybridized carbons (Fsp3) is 1.00. The molecule has 4 saturated carbocycles. The lowest BCUT2D eigenvalue weighted by molar-refractivity contribution is 0.0896. The maximum Gasteiger partial charge on any atom is 0.104 e. The van der Waals surface area contributed by atoms with Gasteiger partial charge in [0.1, 0.15) is 11.2 Å². The summed E-state index contributed by atoms with van der Waals surface area (Å²) < 4.78 is 6.34. The number of rotatable bonds is 0. The third-order valence-corrected chi connectivity index (χ3v) is 6.20. The fourth-order valence-corrected chi connectivity index (χ4v) is 6.05. The van der Waals surface area contributed by atoms with Crippen LogP contribution in [0.25, 0.3) is 0 Å². The highest BCUT2D eigenvalue weighted by atomic mass is 16.6. The molecule has 1 nitrogen and oxygen atoms in total. The molecule has 0 aromatic heterocycles. The molecule has 0 unspecified atom stereocenters. The van der Waals surface area contributed by atoms with E-state index >= 15 is 0 Å². The van der Waals surface area contributed by atoms with Gasteiger partial charge in [-0.1, -0.05) is 0 Å². The molecule has 0 aromatic rings. The van der Waals surface area contributed by atoms with Crippen molar-refractivity contribution in [2.75, 3.05) is 0 Å². The Morgan fingerprint density at radius 3 is 1.46 bits per heavy atom. The van der Waals surface area contributed by atoms with Gasteiger partial charge in [-0.2, -0.15) is 0 Å². The lowest BCUT2D eigenvalue weighted by Crippen LogP contribution is -2.37. The van der Waals surface area contributed by atoms with Crippen LogP contribution in [0.2, 0.25) is 0 Å². The quantitative estimate of drug-likeness (QED) is 0.516. The summed E-state index contributed by atoms with van der Waals surface area (Å²) in [7, 11) is 0. The Kier molecular flexibility index (Phi) is 0.743. The highest BCUT2D eigenvalue weighted by molar-refractivity contribution is 5.38. The van der Waals surface area contributed by atoms with Crippen molar-refractivity contribution in [1.82, 2.24) is 0 Å². The Morgan fingerprint density at radius 2 is 1.08 bits per heavy atom. The van der Waals surface area contributed by atoms with Gasteiger partial charge in [0.05, 0.1) is 0 Å². The summed E-state index contributed by atoms with van der Waals surface area (Å²) in [5, 5.41) is 0. The third kappa shape index (κ3) is 0.393. The van der Waals surface area contributed by atoms with Crippen molar-refractivity contribution in [3.63, 3.8) is 0 Å². The zero-order valence-corrected chi connectivity index (χ0v) is 7.96. The molecular formula is C12H16O. The Morgan fingerprint density at radius 1 is 0.692 bits per heavy atom. The van der Waals surface area contributed by atoms with Gasteiger partial charge in [-0.15, -0.1) is 0 Å². The molecule has 1 heterocycles. The van der Waals surface area contributed by atoms with Crippen molar-refractivity contribution < 1.29 is 4.74 Å². The van der Waals surface area contributed by atoms with Crippen molar-refractivity contribution in [3.8, 4) is 0 Å². The van der Waals surface area contributed by atoms with Crippen LogP contribution in [0.15, 0.2) is 0 Å². The second kappa shape index (κ2) is 1.50. The number of ether oxygens (including phenoxy) is 1. The van der Waals surface area contributed by atoms with Crippen LogP contribution in [0, 0.1) is 23.7 Å². The van der Waals surface area contributed by atoms with Gasteiger partial charge in [0, 0.05) is 0 Å². The molecule has 13 heavy (non-hydrogen) atoms. The van der Waals surface area contributed by atoms with Crippen molar-refractivity contribution in [2.24, 2.45) is 23.7 Å². The van der Waals surface area contributed by atoms with E-state index in [0.29, 0.717) is 11.2 Å². The summed E-state index contributed by atoms with van der Waals surface area (Å²) >= 11 is 0. The first-order valence-corrected chi connectivity index (χ1v) is 6.08. The van der Waals surface area contributed by atoms with Crippen LogP contribution in [0.5, 0.6) is 0 Å². The minimum atomic E-state index is 0.485. The lowest BCUT2D eigenvalue weighted by atomic mass is 9.71. The van der Waals surface area contributed by atoms with Gasteiger partial charge >= 0.3 is 0 Å². The van der Waals surface area contributed by atoms with E-state index in [1.54, 1.807) is 0 Å². The molecule has 1 saturated heterocycles. The summed E-state index contributed by atoms with van der Waals surface area (Å²) in [5.41, 5.74) is 0.970. The monoisotopic (exact) mass is 176 g/mol. The van der Waals surface area contributed by atoms with Crippen LogP contribution < -0.4 is 0 Å². The number of hydrogen-bond acceptors (Lipinski definition) is 1. The largest absolute Gasteiger partial charge is 0.361 e. The van der Waals surface area contributed by atoms with Gasteiger partial charge in [0.15, 0.2) is 0 Å². The molecule has 5 fully saturated rings. The molecule has 0 spiro atoms. The van der Waals surface area contributed by atoms with E-state index in [-0.39, 0.29) is 0 Å². The SMILES string of the molecule is C1C[C@H]2C[C@H]1C13OC21[C@H]1CC[C@H]3C1. The average molecular weight is 176 g/mol. The molecule has 1 heteroatoms. The average Bonchev–Trinajstić information content (AvgIpc) is 2.66. The molecular weight excluding hydrogens is 160 g/mol. The van der Waals surface area contributed by atoms with Crippen LogP contribution in [0.3, 0.4) is 0 Å². The minimum absolute atomic E-state index is 0.485. The van der Waals surface area contributed by atoms with E-state index in [2.05, 4.69) is 0 Å². The normalized spacial score (nSPS) is 75.7. The van der Waals surface area contributed by atoms with E-state index in [9.17, 15) is 0 Å². The number of epoxide rings is 1. The lowest BCUT2D eigenvalue weighted by Gasteiger charge is -2.27. The molecule has 4 aliphatic carbocycles. The van der Waals surface area contributed by atoms with Gasteiger partial charge in [-0.05, 0) is 62.2 Å². The minimum Gasteiger partial charge on any atom is -0.361 e. The first kappa shape index (κ1) is 6.44. The second-order valence-electron chi connectivity index (χ2n) is 6.10. The maximum atomic E-state index is 6.34. The number of hydrogen-bond donors (Lipinski definition) is 0. The Hall–Kier alpha value is -0.0400. The molecule has 4 atom stereocenters. The second-order valence-corrected chi connectivity index (χ2v) is 6.10. The standard InChI is InChI=1S/C12H16O/c1-2-8-5-7(1)11-9-3-4-10(6-9)12(8,11)13-11/h7-10H,1-6H2/t7-,8-,9-,10-,11?,12?/m0/s1. The van der Waals surface area contributed by atoms with E-state index in [1.807, 2.05) is 0 Å². The smallest absolute Gasteiger partial charge is 0.104 e. The first-order chi connectivity index (χ1) is 6.38. The zero-order chi connectivity index (χ0) is 8.26. The van der Waals surface area contributed by atoms with E-state index in [4.69, 9.17) is 4.74 Å². The molecule has 0 N–H and O–H groups in total. The molecule has 5 rings (SSSR count). The van der Waals surface area contributed by atoms with Gasteiger partial charge in [-0.25, -0.2) is 0 Å². The Balaban J connectivity index is 1.78. The van der Waals surface area contributed by atoms with Crippen LogP contribution >= 0.6 is 0 Å². The topological polar surface area (TPSA) is 12.5 Å². The summed E-state index contributed by atoms with van der Waals surface area (Å²) in [5.74, 6) is 3.97. The van der Waals surface area contributed by atoms with Crippen molar-refractivity contribution in [1.29, 1.82) is 0 Å². The Bertz CT molecular complexity index is 258. The van der Waals surface area contributed by atoms with Crippen LogP contribution in [0.4, 0.5) is 0 Å². The first-order valence-electron chi connectivity index (χ1n) is 6.08. The zero-order valence-electron chi connectivity index (χ0n) is 7.96. The maximum absolute atomic E-state index is 6.34. The fourth-order valence-electron chi connectivity index (χ4n) is 6.05. The van der Waals surface area contributed by atoms with Gasteiger partial charge < -0.3 is 4.74 Å². The highest BCUT2D eigenvalue weighted by Crippen LogP contribution is 2.84. The van der Waals surface area contributed by atoms with Gasteiger partial charge in [-0.3, -0.25) is 0 Å². The van der Waals surface area contributed by atoms with Crippen LogP contribution in [-0.2, 0) is 4.74 Å². The van der Waals surface area contributed by atoms with E-state index in [1.165, 1.54) is 38.5 Å². The van der Waals surface area contributed by atoms with Crippen molar-refractivity contribution in [2.45, 2.75) is 49.7 Å². The summed E-state index contributed by atoms with van der Waals surface area (Å²) in [6, 6.07) is 0. The predicted molar refractivity (Wildman–Crippen MR) is 48.2 cm³/mol. The molecule has 4 bridgehead atoms. The molecule has 1 aliphatic heterocycles. The predicted octanol–water partition coefficient (Wildman–Crippen LogP) is 2.35. The van der Waals surface area contributed by atoms with Crippen molar-refractivity contribution in [3.05, 3.63) is 0 Å². The van der Waals surface area contributed by atoms with Crippen LogP contribution in [0.1, 0.15) is 38.5 Å². The molecule has 0 aromatic carbocycles. The van der Waals surface area contributed by atoms with Gasteiger partial charge in [0.25, 0.3) is 0 Å².